The number of nitrogens with zero attached hydrogens (tertiary/aromatic N) is 1. The van der Waals surface area contributed by atoms with Gasteiger partial charge in [0.15, 0.2) is 0 Å². The Balaban J connectivity index is 2.82. The van der Waals surface area contributed by atoms with Crippen molar-refractivity contribution in [3.05, 3.63) is 34.1 Å². The molecule has 16 heavy (non-hydrogen) atoms. The molecular formula is C11H12BrClFNO. The zero-order chi connectivity index (χ0) is 12.1. The molecule has 1 aromatic rings. The summed E-state index contributed by atoms with van der Waals surface area (Å²) in [4.78, 5) is 12.9. The van der Waals surface area contributed by atoms with E-state index in [1.54, 1.807) is 12.1 Å². The second kappa shape index (κ2) is 6.21. The molecule has 1 aromatic carbocycles. The third-order valence-electron chi connectivity index (χ3n) is 2.23. The molecule has 1 rings (SSSR count). The minimum atomic E-state index is -0.324. The molecule has 0 unspecified atom stereocenters. The van der Waals surface area contributed by atoms with E-state index in [0.29, 0.717) is 16.6 Å². The first kappa shape index (κ1) is 13.5. The van der Waals surface area contributed by atoms with E-state index in [1.807, 2.05) is 6.92 Å². The maximum Gasteiger partial charge on any atom is 0.237 e. The number of carbonyl (C=O) groups is 1. The Hall–Kier alpha value is -0.610. The Morgan fingerprint density at radius 1 is 1.56 bits per heavy atom. The molecule has 0 radical (unpaired) electrons. The van der Waals surface area contributed by atoms with Crippen LogP contribution in [0.1, 0.15) is 12.5 Å². The van der Waals surface area contributed by atoms with Gasteiger partial charge in [-0.2, -0.15) is 0 Å². The molecule has 0 saturated carbocycles. The number of hydrogen-bond donors (Lipinski definition) is 0. The topological polar surface area (TPSA) is 20.3 Å². The van der Waals surface area contributed by atoms with Gasteiger partial charge in [-0.3, -0.25) is 4.79 Å². The summed E-state index contributed by atoms with van der Waals surface area (Å²) in [6.07, 6.45) is 0. The van der Waals surface area contributed by atoms with Crippen molar-refractivity contribution >= 4 is 33.4 Å². The summed E-state index contributed by atoms with van der Waals surface area (Å²) in [5, 5.41) is 0. The predicted octanol–water partition coefficient (Wildman–Crippen LogP) is 3.18. The molecule has 0 bridgehead atoms. The minimum absolute atomic E-state index is 0.0774. The van der Waals surface area contributed by atoms with E-state index in [0.717, 1.165) is 0 Å². The molecular weight excluding hydrogens is 296 g/mol. The molecule has 0 atom stereocenters. The summed E-state index contributed by atoms with van der Waals surface area (Å²) < 4.78 is 14.2. The number of amides is 1. The fraction of sp³-hybridized carbons (Fsp3) is 0.364. The highest BCUT2D eigenvalue weighted by molar-refractivity contribution is 9.10. The van der Waals surface area contributed by atoms with Gasteiger partial charge in [0.25, 0.3) is 0 Å². The highest BCUT2D eigenvalue weighted by Crippen LogP contribution is 2.16. The third kappa shape index (κ3) is 3.46. The van der Waals surface area contributed by atoms with Gasteiger partial charge in [-0.25, -0.2) is 4.39 Å². The van der Waals surface area contributed by atoms with E-state index < -0.39 is 0 Å². The molecule has 0 aliphatic carbocycles. The number of halogens is 3. The Morgan fingerprint density at radius 2 is 2.25 bits per heavy atom. The second-order valence-electron chi connectivity index (χ2n) is 3.28. The van der Waals surface area contributed by atoms with E-state index in [-0.39, 0.29) is 24.1 Å². The van der Waals surface area contributed by atoms with Gasteiger partial charge in [0, 0.05) is 23.1 Å². The van der Waals surface area contributed by atoms with Crippen LogP contribution in [0.5, 0.6) is 0 Å². The van der Waals surface area contributed by atoms with Crippen LogP contribution in [0.2, 0.25) is 0 Å². The quantitative estimate of drug-likeness (QED) is 0.782. The molecule has 5 heteroatoms. The Morgan fingerprint density at radius 3 is 2.75 bits per heavy atom. The lowest BCUT2D eigenvalue weighted by Gasteiger charge is -2.20. The zero-order valence-corrected chi connectivity index (χ0v) is 11.2. The van der Waals surface area contributed by atoms with Gasteiger partial charge in [-0.1, -0.05) is 22.0 Å². The Labute approximate surface area is 108 Å². The molecule has 0 aliphatic heterocycles. The molecule has 1 amide bonds. The van der Waals surface area contributed by atoms with Gasteiger partial charge in [-0.15, -0.1) is 11.6 Å². The van der Waals surface area contributed by atoms with Crippen LogP contribution in [0.3, 0.4) is 0 Å². The number of hydrogen-bond acceptors (Lipinski definition) is 1. The van der Waals surface area contributed by atoms with Crippen LogP contribution in [0, 0.1) is 5.82 Å². The molecule has 88 valence electrons. The molecule has 0 fully saturated rings. The highest BCUT2D eigenvalue weighted by atomic mass is 79.9. The zero-order valence-electron chi connectivity index (χ0n) is 8.84. The maximum atomic E-state index is 13.5. The smallest absolute Gasteiger partial charge is 0.237 e. The largest absolute Gasteiger partial charge is 0.338 e. The van der Waals surface area contributed by atoms with Gasteiger partial charge >= 0.3 is 0 Å². The number of benzene rings is 1. The summed E-state index contributed by atoms with van der Waals surface area (Å²) in [5.74, 6) is -0.590. The molecule has 0 spiro atoms. The first-order valence-electron chi connectivity index (χ1n) is 4.86. The van der Waals surface area contributed by atoms with E-state index >= 15 is 0 Å². The van der Waals surface area contributed by atoms with Crippen molar-refractivity contribution in [2.24, 2.45) is 0 Å². The first-order chi connectivity index (χ1) is 7.58. The SMILES string of the molecule is CCN(Cc1ccc(Br)cc1F)C(=O)CCl. The van der Waals surface area contributed by atoms with Crippen molar-refractivity contribution in [2.75, 3.05) is 12.4 Å². The lowest BCUT2D eigenvalue weighted by Crippen LogP contribution is -2.31. The third-order valence-corrected chi connectivity index (χ3v) is 2.95. The normalized spacial score (nSPS) is 10.2. The van der Waals surface area contributed by atoms with Crippen LogP contribution < -0.4 is 0 Å². The van der Waals surface area contributed by atoms with Gasteiger partial charge in [0.2, 0.25) is 5.91 Å². The van der Waals surface area contributed by atoms with Crippen molar-refractivity contribution in [1.82, 2.24) is 4.90 Å². The Kier molecular flexibility index (Phi) is 5.22. The van der Waals surface area contributed by atoms with Crippen molar-refractivity contribution < 1.29 is 9.18 Å². The van der Waals surface area contributed by atoms with E-state index in [4.69, 9.17) is 11.6 Å². The average Bonchev–Trinajstić information content (AvgIpc) is 2.27. The summed E-state index contributed by atoms with van der Waals surface area (Å²) in [5.41, 5.74) is 0.489. The molecule has 0 aliphatic rings. The molecule has 2 nitrogen and oxygen atoms in total. The number of rotatable bonds is 4. The fourth-order valence-corrected chi connectivity index (χ4v) is 1.82. The van der Waals surface area contributed by atoms with Gasteiger partial charge in [0.1, 0.15) is 11.7 Å². The van der Waals surface area contributed by atoms with Crippen molar-refractivity contribution in [3.8, 4) is 0 Å². The first-order valence-corrected chi connectivity index (χ1v) is 6.19. The molecule has 0 saturated heterocycles. The lowest BCUT2D eigenvalue weighted by atomic mass is 10.2. The highest BCUT2D eigenvalue weighted by Gasteiger charge is 2.13. The van der Waals surface area contributed by atoms with E-state index in [9.17, 15) is 9.18 Å². The van der Waals surface area contributed by atoms with Crippen molar-refractivity contribution in [3.63, 3.8) is 0 Å². The summed E-state index contributed by atoms with van der Waals surface area (Å²) in [6, 6.07) is 4.79. The van der Waals surface area contributed by atoms with Gasteiger partial charge in [0.05, 0.1) is 0 Å². The van der Waals surface area contributed by atoms with Crippen LogP contribution in [0.15, 0.2) is 22.7 Å². The predicted molar refractivity (Wildman–Crippen MR) is 65.9 cm³/mol. The van der Waals surface area contributed by atoms with Crippen molar-refractivity contribution in [2.45, 2.75) is 13.5 Å². The van der Waals surface area contributed by atoms with E-state index in [2.05, 4.69) is 15.9 Å². The van der Waals surface area contributed by atoms with Gasteiger partial charge in [-0.05, 0) is 19.1 Å². The van der Waals surface area contributed by atoms with Gasteiger partial charge < -0.3 is 4.90 Å². The van der Waals surface area contributed by atoms with Crippen LogP contribution in [-0.4, -0.2) is 23.2 Å². The standard InChI is InChI=1S/C11H12BrClFNO/c1-2-15(11(16)6-13)7-8-3-4-9(12)5-10(8)14/h3-5H,2,6-7H2,1H3. The summed E-state index contributed by atoms with van der Waals surface area (Å²) in [6.45, 7) is 2.60. The summed E-state index contributed by atoms with van der Waals surface area (Å²) >= 11 is 8.64. The lowest BCUT2D eigenvalue weighted by molar-refractivity contribution is -0.128. The van der Waals surface area contributed by atoms with Crippen LogP contribution >= 0.6 is 27.5 Å². The summed E-state index contributed by atoms with van der Waals surface area (Å²) in [7, 11) is 0. The monoisotopic (exact) mass is 307 g/mol. The average molecular weight is 309 g/mol. The van der Waals surface area contributed by atoms with Crippen LogP contribution in [0.4, 0.5) is 4.39 Å². The molecule has 0 N–H and O–H groups in total. The minimum Gasteiger partial charge on any atom is -0.338 e. The second-order valence-corrected chi connectivity index (χ2v) is 4.46. The van der Waals surface area contributed by atoms with Crippen LogP contribution in [-0.2, 0) is 11.3 Å². The van der Waals surface area contributed by atoms with E-state index in [1.165, 1.54) is 11.0 Å². The molecule has 0 aromatic heterocycles. The van der Waals surface area contributed by atoms with Crippen LogP contribution in [0.25, 0.3) is 0 Å². The van der Waals surface area contributed by atoms with Crippen molar-refractivity contribution in [1.29, 1.82) is 0 Å². The Bertz CT molecular complexity index is 386. The number of alkyl halides is 1. The number of carbonyl (C=O) groups excluding carboxylic acids is 1. The molecule has 0 heterocycles. The fourth-order valence-electron chi connectivity index (χ4n) is 1.32. The maximum absolute atomic E-state index is 13.5.